The minimum atomic E-state index is -1.10. The minimum Gasteiger partial charge on any atom is -0.508 e. The van der Waals surface area contributed by atoms with Crippen LogP contribution in [-0.4, -0.2) is 95.0 Å². The van der Waals surface area contributed by atoms with Gasteiger partial charge in [0, 0.05) is 35.7 Å². The van der Waals surface area contributed by atoms with E-state index in [4.69, 9.17) is 24.4 Å². The lowest BCUT2D eigenvalue weighted by Gasteiger charge is -2.34. The van der Waals surface area contributed by atoms with E-state index in [9.17, 15) is 10.2 Å². The first-order chi connectivity index (χ1) is 24.4. The molecular weight excluding hydrogens is 645 g/mol. The van der Waals surface area contributed by atoms with E-state index in [-0.39, 0.29) is 29.6 Å². The second kappa shape index (κ2) is 13.9. The van der Waals surface area contributed by atoms with Crippen LogP contribution in [0.4, 0.5) is 10.2 Å². The molecule has 0 amide bonds. The number of allylic oxidation sites excluding steroid dienone is 4. The molecule has 2 aliphatic heterocycles. The standard InChI is InChI=1S/C41H52FN5O4/c1-7-29-32(42)12-11-27-19-28(48)20-31(34(27)29)33-26(5)36-35(30(8-2)37(33)43-25(3)4)38(47-17-18-50-23-40(6,49)21-47)45-39(44-36)51-24-41(13-14-41)22-46-15-9-10-16-46/h8,11-12,19-20,25,48-49H,7,9-10,13-18,21-24H2,1-6H3/b30-8-,43-37?. The second-order valence-corrected chi connectivity index (χ2v) is 15.5. The molecule has 2 saturated heterocycles. The van der Waals surface area contributed by atoms with Gasteiger partial charge in [-0.2, -0.15) is 9.97 Å². The van der Waals surface area contributed by atoms with Crippen molar-refractivity contribution in [3.8, 4) is 11.8 Å². The van der Waals surface area contributed by atoms with Crippen molar-refractivity contribution in [2.75, 3.05) is 57.4 Å². The SMILES string of the molecule is C/C=C1\C(=NC(C)C)C(c2cc(O)cc3ccc(F)c(CC)c23)=C(C)c2nc(OCC3(CN4CCCC4)CC3)nc(N3CCOCC(C)(O)C3)c21. The maximum atomic E-state index is 15.5. The number of ether oxygens (including phenoxy) is 2. The number of phenols is 1. The van der Waals surface area contributed by atoms with Crippen molar-refractivity contribution in [1.29, 1.82) is 0 Å². The van der Waals surface area contributed by atoms with Crippen molar-refractivity contribution in [1.82, 2.24) is 14.9 Å². The average Bonchev–Trinajstić information content (AvgIpc) is 3.71. The van der Waals surface area contributed by atoms with Crippen molar-refractivity contribution < 1.29 is 24.1 Å². The zero-order chi connectivity index (χ0) is 36.1. The molecule has 7 rings (SSSR count). The molecule has 2 aliphatic carbocycles. The summed E-state index contributed by atoms with van der Waals surface area (Å²) in [6.45, 7) is 17.2. The molecule has 9 nitrogen and oxygen atoms in total. The fourth-order valence-electron chi connectivity index (χ4n) is 8.18. The van der Waals surface area contributed by atoms with Crippen LogP contribution >= 0.6 is 0 Å². The zero-order valence-corrected chi connectivity index (χ0v) is 31.0. The molecular formula is C41H52FN5O4. The van der Waals surface area contributed by atoms with E-state index in [1.807, 2.05) is 40.7 Å². The van der Waals surface area contributed by atoms with Crippen LogP contribution in [0.25, 0.3) is 27.5 Å². The van der Waals surface area contributed by atoms with E-state index in [1.165, 1.54) is 18.9 Å². The Morgan fingerprint density at radius 1 is 1.14 bits per heavy atom. The third kappa shape index (κ3) is 7.02. The molecule has 2 N–H and O–H groups in total. The molecule has 0 spiro atoms. The Bertz CT molecular complexity index is 1920. The summed E-state index contributed by atoms with van der Waals surface area (Å²) in [4.78, 5) is 20.2. The van der Waals surface area contributed by atoms with Gasteiger partial charge < -0.3 is 29.5 Å². The van der Waals surface area contributed by atoms with Crippen molar-refractivity contribution in [3.05, 3.63) is 58.5 Å². The molecule has 3 heterocycles. The Labute approximate surface area is 300 Å². The van der Waals surface area contributed by atoms with Crippen LogP contribution in [-0.2, 0) is 11.2 Å². The number of β-amino-alcohol motifs (C(OH)–C–C–N with tert-alkyl or cyclic N) is 1. The quantitative estimate of drug-likeness (QED) is 0.245. The number of aryl methyl sites for hydroxylation is 1. The van der Waals surface area contributed by atoms with Crippen LogP contribution in [0, 0.1) is 11.2 Å². The molecule has 3 fully saturated rings. The molecule has 272 valence electrons. The summed E-state index contributed by atoms with van der Waals surface area (Å²) in [6.07, 6.45) is 7.26. The molecule has 1 aromatic heterocycles. The van der Waals surface area contributed by atoms with Gasteiger partial charge in [0.05, 0.1) is 43.3 Å². The van der Waals surface area contributed by atoms with E-state index < -0.39 is 5.60 Å². The van der Waals surface area contributed by atoms with Crippen LogP contribution in [0.3, 0.4) is 0 Å². The largest absolute Gasteiger partial charge is 0.508 e. The summed E-state index contributed by atoms with van der Waals surface area (Å²) in [6, 6.07) is 6.84. The van der Waals surface area contributed by atoms with Crippen molar-refractivity contribution in [3.63, 3.8) is 0 Å². The summed E-state index contributed by atoms with van der Waals surface area (Å²) < 4.78 is 27.9. The zero-order valence-electron chi connectivity index (χ0n) is 31.0. The highest BCUT2D eigenvalue weighted by Crippen LogP contribution is 2.49. The highest BCUT2D eigenvalue weighted by molar-refractivity contribution is 6.51. The number of aliphatic hydroxyl groups is 1. The van der Waals surface area contributed by atoms with Crippen LogP contribution in [0.15, 0.2) is 35.3 Å². The van der Waals surface area contributed by atoms with Crippen molar-refractivity contribution in [2.45, 2.75) is 85.3 Å². The van der Waals surface area contributed by atoms with E-state index >= 15 is 4.39 Å². The monoisotopic (exact) mass is 697 g/mol. The van der Waals surface area contributed by atoms with Gasteiger partial charge in [-0.25, -0.2) is 4.39 Å². The van der Waals surface area contributed by atoms with Gasteiger partial charge in [0.25, 0.3) is 0 Å². The van der Waals surface area contributed by atoms with Crippen LogP contribution < -0.4 is 9.64 Å². The number of halogens is 1. The van der Waals surface area contributed by atoms with Gasteiger partial charge in [-0.1, -0.05) is 19.1 Å². The van der Waals surface area contributed by atoms with Gasteiger partial charge in [-0.05, 0) is 125 Å². The van der Waals surface area contributed by atoms with Crippen molar-refractivity contribution in [2.24, 2.45) is 10.4 Å². The number of nitrogens with zero attached hydrogens (tertiary/aromatic N) is 5. The first-order valence-corrected chi connectivity index (χ1v) is 18.7. The smallest absolute Gasteiger partial charge is 0.318 e. The lowest BCUT2D eigenvalue weighted by molar-refractivity contribution is -0.0123. The first kappa shape index (κ1) is 35.5. The molecule has 1 unspecified atom stereocenters. The Kier molecular flexibility index (Phi) is 9.71. The number of phenolic OH excluding ortho intramolecular Hbond substituents is 1. The molecule has 10 heteroatoms. The van der Waals surface area contributed by atoms with Crippen molar-refractivity contribution >= 4 is 39.0 Å². The Hall–Kier alpha value is -3.86. The number of hydrogen-bond acceptors (Lipinski definition) is 9. The fraction of sp³-hybridized carbons (Fsp3) is 0.537. The highest BCUT2D eigenvalue weighted by atomic mass is 19.1. The average molecular weight is 698 g/mol. The normalized spacial score (nSPS) is 23.8. The third-order valence-electron chi connectivity index (χ3n) is 10.8. The summed E-state index contributed by atoms with van der Waals surface area (Å²) in [7, 11) is 0. The molecule has 1 saturated carbocycles. The molecule has 0 radical (unpaired) electrons. The second-order valence-electron chi connectivity index (χ2n) is 15.5. The van der Waals surface area contributed by atoms with E-state index in [2.05, 4.69) is 9.80 Å². The molecule has 1 atom stereocenters. The summed E-state index contributed by atoms with van der Waals surface area (Å²) in [5.41, 5.74) is 5.00. The highest BCUT2D eigenvalue weighted by Gasteiger charge is 2.45. The lowest BCUT2D eigenvalue weighted by Crippen LogP contribution is -2.42. The van der Waals surface area contributed by atoms with E-state index in [1.54, 1.807) is 25.1 Å². The number of anilines is 1. The maximum absolute atomic E-state index is 15.5. The summed E-state index contributed by atoms with van der Waals surface area (Å²) >= 11 is 0. The van der Waals surface area contributed by atoms with Gasteiger partial charge in [0.1, 0.15) is 23.0 Å². The lowest BCUT2D eigenvalue weighted by atomic mass is 9.78. The number of fused-ring (bicyclic) bond motifs is 2. The summed E-state index contributed by atoms with van der Waals surface area (Å²) in [5.74, 6) is 0.475. The molecule has 2 aromatic carbocycles. The number of benzene rings is 2. The fourth-order valence-corrected chi connectivity index (χ4v) is 8.18. The minimum absolute atomic E-state index is 0.0742. The predicted octanol–water partition coefficient (Wildman–Crippen LogP) is 7.08. The topological polar surface area (TPSA) is 104 Å². The van der Waals surface area contributed by atoms with Crippen LogP contribution in [0.1, 0.15) is 89.6 Å². The Morgan fingerprint density at radius 2 is 1.90 bits per heavy atom. The molecule has 0 bridgehead atoms. The Balaban J connectivity index is 1.45. The molecule has 4 aliphatic rings. The third-order valence-corrected chi connectivity index (χ3v) is 10.8. The predicted molar refractivity (Wildman–Crippen MR) is 202 cm³/mol. The first-order valence-electron chi connectivity index (χ1n) is 18.7. The van der Waals surface area contributed by atoms with Gasteiger partial charge in [0.15, 0.2) is 0 Å². The maximum Gasteiger partial charge on any atom is 0.318 e. The number of aromatic nitrogens is 2. The Morgan fingerprint density at radius 3 is 2.59 bits per heavy atom. The number of aromatic hydroxyl groups is 1. The van der Waals surface area contributed by atoms with E-state index in [0.717, 1.165) is 71.2 Å². The molecule has 51 heavy (non-hydrogen) atoms. The van der Waals surface area contributed by atoms with Gasteiger partial charge in [-0.3, -0.25) is 4.99 Å². The van der Waals surface area contributed by atoms with Crippen LogP contribution in [0.2, 0.25) is 0 Å². The number of hydrogen-bond donors (Lipinski definition) is 2. The summed E-state index contributed by atoms with van der Waals surface area (Å²) in [5, 5.41) is 23.9. The van der Waals surface area contributed by atoms with E-state index in [0.29, 0.717) is 61.4 Å². The van der Waals surface area contributed by atoms with Gasteiger partial charge in [-0.15, -0.1) is 0 Å². The van der Waals surface area contributed by atoms with Gasteiger partial charge >= 0.3 is 6.01 Å². The number of rotatable bonds is 9. The van der Waals surface area contributed by atoms with Crippen LogP contribution in [0.5, 0.6) is 11.8 Å². The number of aliphatic imine (C=N–C) groups is 1. The molecule has 3 aromatic rings. The number of likely N-dealkylation sites (tertiary alicyclic amines) is 1. The van der Waals surface area contributed by atoms with Gasteiger partial charge in [0.2, 0.25) is 0 Å².